The van der Waals surface area contributed by atoms with Gasteiger partial charge in [0.1, 0.15) is 29.7 Å². The molecule has 2 aliphatic carbocycles. The second-order valence-electron chi connectivity index (χ2n) is 13.3. The second-order valence-corrected chi connectivity index (χ2v) is 13.3. The lowest BCUT2D eigenvalue weighted by Crippen LogP contribution is -2.45. The third-order valence-electron chi connectivity index (χ3n) is 9.45. The summed E-state index contributed by atoms with van der Waals surface area (Å²) in [5.74, 6) is 2.27. The second kappa shape index (κ2) is 10.4. The van der Waals surface area contributed by atoms with Gasteiger partial charge in [0, 0.05) is 31.1 Å². The van der Waals surface area contributed by atoms with E-state index in [1.54, 1.807) is 0 Å². The monoisotopic (exact) mass is 545 g/mol. The number of hydrogen-bond acceptors (Lipinski definition) is 7. The van der Waals surface area contributed by atoms with Crippen LogP contribution in [0, 0.1) is 11.8 Å². The van der Waals surface area contributed by atoms with Crippen molar-refractivity contribution < 1.29 is 10.2 Å². The highest BCUT2D eigenvalue weighted by molar-refractivity contribution is 5.86. The lowest BCUT2D eigenvalue weighted by atomic mass is 9.76. The maximum absolute atomic E-state index is 10.9. The van der Waals surface area contributed by atoms with Crippen LogP contribution in [-0.4, -0.2) is 71.5 Å². The Kier molecular flexibility index (Phi) is 7.09. The van der Waals surface area contributed by atoms with Gasteiger partial charge >= 0.3 is 0 Å². The van der Waals surface area contributed by atoms with Crippen molar-refractivity contribution in [3.63, 3.8) is 0 Å². The molecule has 2 saturated carbocycles. The molecule has 0 aliphatic heterocycles. The summed E-state index contributed by atoms with van der Waals surface area (Å²) >= 11 is 0. The first-order chi connectivity index (χ1) is 19.1. The van der Waals surface area contributed by atoms with Crippen LogP contribution in [0.3, 0.4) is 0 Å². The predicted octanol–water partition coefficient (Wildman–Crippen LogP) is 4.20. The largest absolute Gasteiger partial charge is 0.390 e. The Hall–Kier alpha value is -3.01. The summed E-state index contributed by atoms with van der Waals surface area (Å²) in [6.45, 7) is 7.49. The summed E-state index contributed by atoms with van der Waals surface area (Å²) in [7, 11) is 2.16. The Morgan fingerprint density at radius 2 is 1.90 bits per heavy atom. The van der Waals surface area contributed by atoms with E-state index in [9.17, 15) is 10.2 Å². The van der Waals surface area contributed by atoms with Gasteiger partial charge < -0.3 is 30.4 Å². The van der Waals surface area contributed by atoms with Gasteiger partial charge in [-0.3, -0.25) is 0 Å². The molecular weight excluding hydrogens is 502 g/mol. The maximum atomic E-state index is 10.9. The number of aliphatic hydroxyl groups excluding tert-OH is 2. The van der Waals surface area contributed by atoms with Gasteiger partial charge in [0.15, 0.2) is 0 Å². The minimum Gasteiger partial charge on any atom is -0.390 e. The van der Waals surface area contributed by atoms with Crippen molar-refractivity contribution in [1.29, 1.82) is 0 Å². The number of anilines is 1. The number of hydrogen-bond donors (Lipinski definition) is 4. The molecule has 0 saturated heterocycles. The molecule has 0 radical (unpaired) electrons. The number of aryl methyl sites for hydroxylation is 1. The van der Waals surface area contributed by atoms with Gasteiger partial charge in [0.25, 0.3) is 0 Å². The average molecular weight is 546 g/mol. The molecule has 4 aromatic rings. The molecule has 40 heavy (non-hydrogen) atoms. The molecule has 3 heterocycles. The molecule has 6 rings (SSSR count). The summed E-state index contributed by atoms with van der Waals surface area (Å²) in [4.78, 5) is 19.2. The lowest BCUT2D eigenvalue weighted by Gasteiger charge is -2.42. The number of nitrogen functional groups attached to an aromatic ring is 1. The van der Waals surface area contributed by atoms with Crippen LogP contribution < -0.4 is 5.73 Å². The number of nitrogens with two attached hydrogens (primary N) is 1. The lowest BCUT2D eigenvalue weighted by molar-refractivity contribution is -0.00665. The van der Waals surface area contributed by atoms with Crippen LogP contribution in [0.4, 0.5) is 5.82 Å². The van der Waals surface area contributed by atoms with Gasteiger partial charge in [0.05, 0.1) is 28.6 Å². The molecule has 3 aromatic heterocycles. The fraction of sp³-hybridized carbons (Fsp3) is 0.581. The fourth-order valence-corrected chi connectivity index (χ4v) is 6.83. The van der Waals surface area contributed by atoms with Crippen LogP contribution in [0.15, 0.2) is 36.8 Å². The Balaban J connectivity index is 0.976. The number of benzene rings is 1. The van der Waals surface area contributed by atoms with E-state index in [2.05, 4.69) is 65.9 Å². The van der Waals surface area contributed by atoms with E-state index in [0.717, 1.165) is 47.5 Å². The average Bonchev–Trinajstić information content (AvgIpc) is 3.57. The summed E-state index contributed by atoms with van der Waals surface area (Å²) in [6, 6.07) is 8.76. The molecule has 1 unspecified atom stereocenters. The molecule has 2 aliphatic rings. The smallest absolute Gasteiger partial charge is 0.145 e. The highest BCUT2D eigenvalue weighted by Crippen LogP contribution is 2.40. The van der Waals surface area contributed by atoms with Gasteiger partial charge in [-0.15, -0.1) is 0 Å². The van der Waals surface area contributed by atoms with Crippen molar-refractivity contribution in [1.82, 2.24) is 29.4 Å². The maximum Gasteiger partial charge on any atom is 0.145 e. The van der Waals surface area contributed by atoms with Crippen LogP contribution >= 0.6 is 0 Å². The zero-order valence-electron chi connectivity index (χ0n) is 24.1. The first-order valence-corrected chi connectivity index (χ1v) is 14.7. The van der Waals surface area contributed by atoms with E-state index < -0.39 is 12.2 Å². The Labute approximate surface area is 235 Å². The number of aliphatic hydroxyl groups is 2. The molecule has 214 valence electrons. The van der Waals surface area contributed by atoms with Gasteiger partial charge in [0.2, 0.25) is 0 Å². The van der Waals surface area contributed by atoms with E-state index in [0.29, 0.717) is 23.9 Å². The molecule has 2 fully saturated rings. The van der Waals surface area contributed by atoms with E-state index in [1.165, 1.54) is 31.2 Å². The van der Waals surface area contributed by atoms with Crippen LogP contribution in [-0.2, 0) is 11.8 Å². The number of nitrogens with one attached hydrogen (secondary N) is 1. The molecule has 4 atom stereocenters. The summed E-state index contributed by atoms with van der Waals surface area (Å²) in [6.07, 6.45) is 8.17. The van der Waals surface area contributed by atoms with Crippen LogP contribution in [0.2, 0.25) is 0 Å². The predicted molar refractivity (Wildman–Crippen MR) is 158 cm³/mol. The van der Waals surface area contributed by atoms with Crippen molar-refractivity contribution >= 4 is 27.9 Å². The molecule has 1 aromatic carbocycles. The van der Waals surface area contributed by atoms with Crippen LogP contribution in [0.25, 0.3) is 22.1 Å². The van der Waals surface area contributed by atoms with Gasteiger partial charge in [-0.1, -0.05) is 26.8 Å². The number of imidazole rings is 1. The van der Waals surface area contributed by atoms with Crippen LogP contribution in [0.5, 0.6) is 0 Å². The summed E-state index contributed by atoms with van der Waals surface area (Å²) < 4.78 is 1.95. The van der Waals surface area contributed by atoms with Gasteiger partial charge in [-0.25, -0.2) is 15.0 Å². The van der Waals surface area contributed by atoms with Crippen LogP contribution in [0.1, 0.15) is 70.3 Å². The van der Waals surface area contributed by atoms with Crippen molar-refractivity contribution in [3.05, 3.63) is 48.2 Å². The number of rotatable bonds is 8. The molecule has 9 heteroatoms. The topological polar surface area (TPSA) is 129 Å². The molecule has 0 amide bonds. The molecule has 5 N–H and O–H groups in total. The van der Waals surface area contributed by atoms with Crippen molar-refractivity contribution in [2.45, 2.75) is 89.0 Å². The minimum atomic E-state index is -0.836. The van der Waals surface area contributed by atoms with Gasteiger partial charge in [-0.2, -0.15) is 0 Å². The highest BCUT2D eigenvalue weighted by atomic mass is 16.3. The molecule has 9 nitrogen and oxygen atoms in total. The van der Waals surface area contributed by atoms with E-state index >= 15 is 0 Å². The zero-order chi connectivity index (χ0) is 28.2. The van der Waals surface area contributed by atoms with Gasteiger partial charge in [-0.05, 0) is 74.2 Å². The quantitative estimate of drug-likeness (QED) is 0.261. The molecular formula is C31H43N7O2. The molecule has 0 bridgehead atoms. The Morgan fingerprint density at radius 1 is 1.10 bits per heavy atom. The summed E-state index contributed by atoms with van der Waals surface area (Å²) in [5.41, 5.74) is 10.3. The first kappa shape index (κ1) is 27.2. The SMILES string of the molecule is CN(CC1C[C@@H](n2ccc3c(N)ncnc32)[C@H](O)[C@@H]1O)C1CC(CCCc2nc3ccc(C(C)(C)C)cc3[nH]2)C1. The first-order valence-electron chi connectivity index (χ1n) is 14.7. The fourth-order valence-electron chi connectivity index (χ4n) is 6.83. The normalized spacial score (nSPS) is 27.2. The number of fused-ring (bicyclic) bond motifs is 2. The Morgan fingerprint density at radius 3 is 2.67 bits per heavy atom. The van der Waals surface area contributed by atoms with E-state index in [4.69, 9.17) is 10.7 Å². The number of nitrogens with zero attached hydrogens (tertiary/aromatic N) is 5. The number of H-pyrrole nitrogens is 1. The summed E-state index contributed by atoms with van der Waals surface area (Å²) in [5, 5.41) is 22.6. The molecule has 0 spiro atoms. The zero-order valence-corrected chi connectivity index (χ0v) is 24.1. The Bertz CT molecular complexity index is 1480. The van der Waals surface area contributed by atoms with Crippen molar-refractivity contribution in [3.8, 4) is 0 Å². The third kappa shape index (κ3) is 5.10. The third-order valence-corrected chi connectivity index (χ3v) is 9.45. The number of aromatic nitrogens is 5. The van der Waals surface area contributed by atoms with Crippen molar-refractivity contribution in [2.24, 2.45) is 11.8 Å². The van der Waals surface area contributed by atoms with E-state index in [1.807, 2.05) is 16.8 Å². The minimum absolute atomic E-state index is 0.00701. The standard InChI is InChI=1S/C31H43N7O2/c1-31(2,3)20-8-9-23-24(15-20)36-26(35-23)7-5-6-18-12-21(13-18)37(4)16-19-14-25(28(40)27(19)39)38-11-10-22-29(32)33-17-34-30(22)38/h8-11,15,17-19,21,25,27-28,39-40H,5-7,12-14,16H2,1-4H3,(H,35,36)(H2,32,33,34)/t18?,19?,21?,25-,27-,28+/m1/s1. The number of aromatic amines is 1. The van der Waals surface area contributed by atoms with Crippen molar-refractivity contribution in [2.75, 3.05) is 19.3 Å². The van der Waals surface area contributed by atoms with E-state index in [-0.39, 0.29) is 17.4 Å². The highest BCUT2D eigenvalue weighted by Gasteiger charge is 2.44.